The summed E-state index contributed by atoms with van der Waals surface area (Å²) in [7, 11) is 0. The topological polar surface area (TPSA) is 59.8 Å². The van der Waals surface area contributed by atoms with E-state index in [-0.39, 0.29) is 5.13 Å². The molecule has 2 aromatic carbocycles. The van der Waals surface area contributed by atoms with Crippen LogP contribution in [-0.4, -0.2) is 20.7 Å². The zero-order valence-electron chi connectivity index (χ0n) is 13.8. The van der Waals surface area contributed by atoms with Crippen molar-refractivity contribution in [3.63, 3.8) is 0 Å². The van der Waals surface area contributed by atoms with Crippen molar-refractivity contribution in [2.45, 2.75) is 0 Å². The molecule has 4 rings (SSSR count). The number of aromatic nitrogens is 3. The Balaban J connectivity index is 1.46. The Morgan fingerprint density at radius 2 is 1.93 bits per heavy atom. The highest BCUT2D eigenvalue weighted by Gasteiger charge is 2.10. The highest BCUT2D eigenvalue weighted by atomic mass is 32.1. The molecule has 0 spiro atoms. The molecule has 0 aliphatic rings. The molecule has 0 bridgehead atoms. The molecule has 0 atom stereocenters. The first-order valence-corrected chi connectivity index (χ1v) is 8.75. The van der Waals surface area contributed by atoms with Crippen LogP contribution >= 0.6 is 11.3 Å². The number of benzene rings is 2. The van der Waals surface area contributed by atoms with Gasteiger partial charge in [-0.3, -0.25) is 10.1 Å². The zero-order chi connectivity index (χ0) is 18.8. The first-order valence-electron chi connectivity index (χ1n) is 7.93. The molecule has 4 aromatic rings. The van der Waals surface area contributed by atoms with Gasteiger partial charge < -0.3 is 0 Å². The number of rotatable bonds is 4. The Morgan fingerprint density at radius 1 is 1.15 bits per heavy atom. The van der Waals surface area contributed by atoms with E-state index in [1.165, 1.54) is 6.08 Å². The number of para-hydroxylation sites is 1. The lowest BCUT2D eigenvalue weighted by molar-refractivity contribution is -0.111. The van der Waals surface area contributed by atoms with Crippen molar-refractivity contribution < 1.29 is 13.6 Å². The number of nitrogens with one attached hydrogen (secondary N) is 1. The van der Waals surface area contributed by atoms with Crippen LogP contribution in [0.15, 0.2) is 60.9 Å². The number of halogens is 2. The maximum atomic E-state index is 13.3. The molecular weight excluding hydrogens is 370 g/mol. The van der Waals surface area contributed by atoms with Crippen molar-refractivity contribution in [2.75, 3.05) is 5.32 Å². The Kier molecular flexibility index (Phi) is 4.47. The predicted octanol–water partition coefficient (Wildman–Crippen LogP) is 4.41. The Labute approximate surface area is 156 Å². The quantitative estimate of drug-likeness (QED) is 0.532. The largest absolute Gasteiger partial charge is 0.298 e. The summed E-state index contributed by atoms with van der Waals surface area (Å²) in [6.45, 7) is 0. The van der Waals surface area contributed by atoms with Gasteiger partial charge in [-0.15, -0.1) is 0 Å². The van der Waals surface area contributed by atoms with Crippen molar-refractivity contribution in [3.8, 4) is 5.69 Å². The molecule has 0 aliphatic heterocycles. The minimum atomic E-state index is -0.971. The van der Waals surface area contributed by atoms with Gasteiger partial charge in [-0.1, -0.05) is 29.5 Å². The second-order valence-electron chi connectivity index (χ2n) is 5.63. The summed E-state index contributed by atoms with van der Waals surface area (Å²) < 4.78 is 28.6. The SMILES string of the molecule is O=C(C=Cc1cnn(-c2ccccc2)c1)Nc1nc2cc(F)c(F)cc2s1. The fourth-order valence-corrected chi connectivity index (χ4v) is 3.32. The standard InChI is InChI=1S/C19H12F2N4OS/c20-14-8-16-17(9-15(14)21)27-19(23-16)24-18(26)7-6-12-10-22-25(11-12)13-4-2-1-3-5-13/h1-11H,(H,23,24,26). The van der Waals surface area contributed by atoms with Crippen LogP contribution in [0.4, 0.5) is 13.9 Å². The minimum absolute atomic E-state index is 0.268. The van der Waals surface area contributed by atoms with Gasteiger partial charge in [0.15, 0.2) is 16.8 Å². The van der Waals surface area contributed by atoms with Crippen LogP contribution in [0.5, 0.6) is 0 Å². The van der Waals surface area contributed by atoms with Gasteiger partial charge in [0.2, 0.25) is 5.91 Å². The Bertz CT molecular complexity index is 1110. The number of hydrogen-bond acceptors (Lipinski definition) is 4. The van der Waals surface area contributed by atoms with Crippen LogP contribution in [0.2, 0.25) is 0 Å². The van der Waals surface area contributed by atoms with Gasteiger partial charge in [0.05, 0.1) is 22.1 Å². The molecular formula is C19H12F2N4OS. The van der Waals surface area contributed by atoms with Crippen LogP contribution in [0.3, 0.4) is 0 Å². The van der Waals surface area contributed by atoms with Gasteiger partial charge in [0.1, 0.15) is 0 Å². The number of amides is 1. The van der Waals surface area contributed by atoms with Gasteiger partial charge >= 0.3 is 0 Å². The number of nitrogens with zero attached hydrogens (tertiary/aromatic N) is 3. The first kappa shape index (κ1) is 17.0. The molecule has 2 aromatic heterocycles. The van der Waals surface area contributed by atoms with E-state index in [2.05, 4.69) is 15.4 Å². The van der Waals surface area contributed by atoms with E-state index in [1.54, 1.807) is 23.2 Å². The van der Waals surface area contributed by atoms with Crippen LogP contribution in [0, 0.1) is 11.6 Å². The molecule has 1 N–H and O–H groups in total. The summed E-state index contributed by atoms with van der Waals surface area (Å²) in [6.07, 6.45) is 6.40. The number of carbonyl (C=O) groups excluding carboxylic acids is 1. The molecule has 134 valence electrons. The molecule has 0 saturated carbocycles. The summed E-state index contributed by atoms with van der Waals surface area (Å²) in [5.74, 6) is -2.32. The third-order valence-electron chi connectivity index (χ3n) is 3.71. The lowest BCUT2D eigenvalue weighted by Gasteiger charge is -1.98. The maximum absolute atomic E-state index is 13.3. The molecule has 0 aliphatic carbocycles. The van der Waals surface area contributed by atoms with Gasteiger partial charge in [0, 0.05) is 23.9 Å². The van der Waals surface area contributed by atoms with E-state index >= 15 is 0 Å². The van der Waals surface area contributed by atoms with Crippen molar-refractivity contribution >= 4 is 38.7 Å². The van der Waals surface area contributed by atoms with Gasteiger partial charge in [-0.2, -0.15) is 5.10 Å². The lowest BCUT2D eigenvalue weighted by atomic mass is 10.3. The molecule has 1 amide bonds. The van der Waals surface area contributed by atoms with E-state index in [1.807, 2.05) is 30.3 Å². The number of fused-ring (bicyclic) bond motifs is 1. The fourth-order valence-electron chi connectivity index (χ4n) is 2.44. The van der Waals surface area contributed by atoms with Crippen molar-refractivity contribution in [3.05, 3.63) is 78.1 Å². The summed E-state index contributed by atoms with van der Waals surface area (Å²) in [6, 6.07) is 11.7. The van der Waals surface area contributed by atoms with E-state index in [4.69, 9.17) is 0 Å². The number of anilines is 1. The second-order valence-corrected chi connectivity index (χ2v) is 6.66. The number of hydrogen-bond donors (Lipinski definition) is 1. The average Bonchev–Trinajstić information content (AvgIpc) is 3.28. The van der Waals surface area contributed by atoms with Crippen LogP contribution in [-0.2, 0) is 4.79 Å². The van der Waals surface area contributed by atoms with Crippen molar-refractivity contribution in [2.24, 2.45) is 0 Å². The van der Waals surface area contributed by atoms with Gasteiger partial charge in [-0.05, 0) is 24.3 Å². The smallest absolute Gasteiger partial charge is 0.250 e. The molecule has 0 fully saturated rings. The third-order valence-corrected chi connectivity index (χ3v) is 4.64. The molecule has 0 radical (unpaired) electrons. The van der Waals surface area contributed by atoms with Crippen LogP contribution in [0.25, 0.3) is 22.0 Å². The summed E-state index contributed by atoms with van der Waals surface area (Å²) >= 11 is 1.07. The fraction of sp³-hybridized carbons (Fsp3) is 0. The first-order chi connectivity index (χ1) is 13.1. The zero-order valence-corrected chi connectivity index (χ0v) is 14.6. The van der Waals surface area contributed by atoms with Gasteiger partial charge in [0.25, 0.3) is 0 Å². The number of thiazole rings is 1. The molecule has 0 unspecified atom stereocenters. The lowest BCUT2D eigenvalue weighted by Crippen LogP contribution is -2.07. The van der Waals surface area contributed by atoms with Crippen molar-refractivity contribution in [1.29, 1.82) is 0 Å². The van der Waals surface area contributed by atoms with Crippen LogP contribution in [0.1, 0.15) is 5.56 Å². The molecule has 5 nitrogen and oxygen atoms in total. The monoisotopic (exact) mass is 382 g/mol. The molecule has 8 heteroatoms. The highest BCUT2D eigenvalue weighted by molar-refractivity contribution is 7.22. The molecule has 27 heavy (non-hydrogen) atoms. The normalized spacial score (nSPS) is 11.3. The summed E-state index contributed by atoms with van der Waals surface area (Å²) in [5, 5.41) is 7.10. The Hall–Kier alpha value is -3.39. The number of carbonyl (C=O) groups is 1. The predicted molar refractivity (Wildman–Crippen MR) is 101 cm³/mol. The van der Waals surface area contributed by atoms with E-state index < -0.39 is 17.5 Å². The summed E-state index contributed by atoms with van der Waals surface area (Å²) in [4.78, 5) is 16.1. The third kappa shape index (κ3) is 3.75. The second kappa shape index (κ2) is 7.08. The van der Waals surface area contributed by atoms with E-state index in [0.717, 1.165) is 34.7 Å². The van der Waals surface area contributed by atoms with E-state index in [9.17, 15) is 13.6 Å². The average molecular weight is 382 g/mol. The Morgan fingerprint density at radius 3 is 2.74 bits per heavy atom. The van der Waals surface area contributed by atoms with Crippen molar-refractivity contribution in [1.82, 2.24) is 14.8 Å². The maximum Gasteiger partial charge on any atom is 0.250 e. The van der Waals surface area contributed by atoms with E-state index in [0.29, 0.717) is 10.2 Å². The summed E-state index contributed by atoms with van der Waals surface area (Å²) in [5.41, 5.74) is 1.96. The van der Waals surface area contributed by atoms with Crippen LogP contribution < -0.4 is 5.32 Å². The molecule has 0 saturated heterocycles. The highest BCUT2D eigenvalue weighted by Crippen LogP contribution is 2.27. The van der Waals surface area contributed by atoms with Gasteiger partial charge in [-0.25, -0.2) is 18.4 Å². The minimum Gasteiger partial charge on any atom is -0.298 e. The molecule has 2 heterocycles.